The first-order valence-corrected chi connectivity index (χ1v) is 8.26. The molecular formula is C14H18N2Si. The monoisotopic (exact) mass is 242 g/mol. The molecule has 1 unspecified atom stereocenters. The van der Waals surface area contributed by atoms with Crippen LogP contribution in [0.25, 0.3) is 0 Å². The first-order valence-electron chi connectivity index (χ1n) is 5.95. The quantitative estimate of drug-likeness (QED) is 0.770. The molecule has 2 heterocycles. The van der Waals surface area contributed by atoms with Crippen molar-refractivity contribution in [1.29, 1.82) is 0 Å². The molecule has 88 valence electrons. The molecule has 0 bridgehead atoms. The minimum absolute atomic E-state index is 0.121. The molecule has 0 aromatic carbocycles. The van der Waals surface area contributed by atoms with Gasteiger partial charge in [0, 0.05) is 28.4 Å². The predicted molar refractivity (Wildman–Crippen MR) is 74.1 cm³/mol. The maximum atomic E-state index is 4.50. The lowest BCUT2D eigenvalue weighted by molar-refractivity contribution is 0.709. The first-order chi connectivity index (χ1) is 8.12. The van der Waals surface area contributed by atoms with Crippen LogP contribution in [0.5, 0.6) is 0 Å². The molecule has 2 aromatic heterocycles. The number of hydrogen-bond acceptors (Lipinski definition) is 2. The lowest BCUT2D eigenvalue weighted by Gasteiger charge is -2.29. The zero-order valence-electron chi connectivity index (χ0n) is 10.6. The van der Waals surface area contributed by atoms with Gasteiger partial charge in [0.2, 0.25) is 0 Å². The van der Waals surface area contributed by atoms with Gasteiger partial charge in [-0.25, -0.2) is 0 Å². The summed E-state index contributed by atoms with van der Waals surface area (Å²) in [6.45, 7) is 6.90. The lowest BCUT2D eigenvalue weighted by Crippen LogP contribution is -2.46. The third kappa shape index (κ3) is 2.44. The van der Waals surface area contributed by atoms with Gasteiger partial charge in [0.05, 0.1) is 0 Å². The van der Waals surface area contributed by atoms with Crippen molar-refractivity contribution in [2.24, 2.45) is 0 Å². The van der Waals surface area contributed by atoms with E-state index in [1.54, 1.807) is 0 Å². The van der Waals surface area contributed by atoms with Gasteiger partial charge in [-0.05, 0) is 24.3 Å². The van der Waals surface area contributed by atoms with Gasteiger partial charge in [-0.3, -0.25) is 9.97 Å². The van der Waals surface area contributed by atoms with Gasteiger partial charge in [-0.1, -0.05) is 32.5 Å². The summed E-state index contributed by atoms with van der Waals surface area (Å²) < 4.78 is 0. The third-order valence-corrected chi connectivity index (χ3v) is 7.23. The standard InChI is InChI=1S/C14H18N2Si/c1-14(2,12-8-4-6-10-15-12)17(3)13-9-5-7-11-16-13/h4-11,17H,1-3H3. The normalized spacial score (nSPS) is 13.4. The van der Waals surface area contributed by atoms with E-state index < -0.39 is 8.80 Å². The van der Waals surface area contributed by atoms with Gasteiger partial charge in [0.1, 0.15) is 8.80 Å². The Labute approximate surface area is 104 Å². The maximum absolute atomic E-state index is 4.50. The van der Waals surface area contributed by atoms with Gasteiger partial charge in [0.15, 0.2) is 0 Å². The fraction of sp³-hybridized carbons (Fsp3) is 0.286. The lowest BCUT2D eigenvalue weighted by atomic mass is 10.1. The Bertz CT molecular complexity index is 468. The Morgan fingerprint density at radius 1 is 0.941 bits per heavy atom. The van der Waals surface area contributed by atoms with E-state index in [1.165, 1.54) is 11.0 Å². The molecule has 2 nitrogen and oxygen atoms in total. The summed E-state index contributed by atoms with van der Waals surface area (Å²) >= 11 is 0. The van der Waals surface area contributed by atoms with Crippen LogP contribution in [0, 0.1) is 0 Å². The summed E-state index contributed by atoms with van der Waals surface area (Å²) in [6.07, 6.45) is 3.75. The SMILES string of the molecule is C[SiH](c1ccccn1)C(C)(C)c1ccccn1. The smallest absolute Gasteiger partial charge is 0.103 e. The molecule has 0 fully saturated rings. The molecule has 0 spiro atoms. The molecule has 1 atom stereocenters. The average molecular weight is 242 g/mol. The predicted octanol–water partition coefficient (Wildman–Crippen LogP) is 2.06. The van der Waals surface area contributed by atoms with E-state index in [9.17, 15) is 0 Å². The zero-order chi connectivity index (χ0) is 12.3. The molecule has 0 amide bonds. The van der Waals surface area contributed by atoms with Crippen LogP contribution < -0.4 is 5.32 Å². The highest BCUT2D eigenvalue weighted by Gasteiger charge is 2.32. The van der Waals surface area contributed by atoms with Gasteiger partial charge < -0.3 is 0 Å². The average Bonchev–Trinajstić information content (AvgIpc) is 2.40. The third-order valence-electron chi connectivity index (χ3n) is 3.54. The Kier molecular flexibility index (Phi) is 3.38. The van der Waals surface area contributed by atoms with Crippen molar-refractivity contribution < 1.29 is 0 Å². The number of nitrogens with zero attached hydrogens (tertiary/aromatic N) is 2. The van der Waals surface area contributed by atoms with E-state index in [4.69, 9.17) is 0 Å². The Morgan fingerprint density at radius 3 is 2.12 bits per heavy atom. The number of pyridine rings is 2. The van der Waals surface area contributed by atoms with Gasteiger partial charge in [0.25, 0.3) is 0 Å². The Balaban J connectivity index is 2.33. The van der Waals surface area contributed by atoms with Crippen LogP contribution in [0.2, 0.25) is 6.55 Å². The molecule has 2 aromatic rings. The second kappa shape index (κ2) is 4.80. The van der Waals surface area contributed by atoms with E-state index in [-0.39, 0.29) is 5.04 Å². The second-order valence-electron chi connectivity index (χ2n) is 4.91. The molecule has 0 aliphatic heterocycles. The molecule has 0 N–H and O–H groups in total. The Morgan fingerprint density at radius 2 is 1.59 bits per heavy atom. The minimum Gasteiger partial charge on any atom is -0.266 e. The highest BCUT2D eigenvalue weighted by atomic mass is 28.3. The van der Waals surface area contributed by atoms with Crippen LogP contribution in [-0.2, 0) is 5.04 Å². The molecule has 0 aliphatic rings. The minimum atomic E-state index is -1.17. The van der Waals surface area contributed by atoms with Gasteiger partial charge in [-0.2, -0.15) is 0 Å². The van der Waals surface area contributed by atoms with Crippen LogP contribution in [0.3, 0.4) is 0 Å². The summed E-state index contributed by atoms with van der Waals surface area (Å²) in [5.74, 6) is 0. The summed E-state index contributed by atoms with van der Waals surface area (Å²) in [7, 11) is -1.17. The zero-order valence-corrected chi connectivity index (χ0v) is 11.7. The van der Waals surface area contributed by atoms with E-state index in [0.29, 0.717) is 0 Å². The number of hydrogen-bond donors (Lipinski definition) is 0. The van der Waals surface area contributed by atoms with Crippen LogP contribution in [0.15, 0.2) is 48.8 Å². The van der Waals surface area contributed by atoms with Crippen molar-refractivity contribution in [2.75, 3.05) is 0 Å². The topological polar surface area (TPSA) is 25.8 Å². The summed E-state index contributed by atoms with van der Waals surface area (Å²) in [5, 5.41) is 1.37. The van der Waals surface area contributed by atoms with Gasteiger partial charge >= 0.3 is 0 Å². The molecule has 2 rings (SSSR count). The highest BCUT2D eigenvalue weighted by Crippen LogP contribution is 2.23. The fourth-order valence-electron chi connectivity index (χ4n) is 1.97. The second-order valence-corrected chi connectivity index (χ2v) is 8.39. The van der Waals surface area contributed by atoms with Crippen molar-refractivity contribution in [1.82, 2.24) is 9.97 Å². The highest BCUT2D eigenvalue weighted by molar-refractivity contribution is 6.73. The van der Waals surface area contributed by atoms with Crippen LogP contribution in [0.4, 0.5) is 0 Å². The van der Waals surface area contributed by atoms with E-state index in [0.717, 1.165) is 0 Å². The number of rotatable bonds is 3. The number of aromatic nitrogens is 2. The fourth-order valence-corrected chi connectivity index (χ4v) is 4.03. The molecule has 0 aliphatic carbocycles. The summed E-state index contributed by atoms with van der Waals surface area (Å²) in [5.41, 5.74) is 1.17. The maximum Gasteiger partial charge on any atom is 0.103 e. The summed E-state index contributed by atoms with van der Waals surface area (Å²) in [6, 6.07) is 12.3. The van der Waals surface area contributed by atoms with Crippen molar-refractivity contribution in [3.8, 4) is 0 Å². The van der Waals surface area contributed by atoms with Crippen LogP contribution >= 0.6 is 0 Å². The van der Waals surface area contributed by atoms with Crippen LogP contribution in [-0.4, -0.2) is 18.8 Å². The van der Waals surface area contributed by atoms with Crippen molar-refractivity contribution in [3.05, 3.63) is 54.5 Å². The Hall–Kier alpha value is -1.48. The molecule has 17 heavy (non-hydrogen) atoms. The van der Waals surface area contributed by atoms with Crippen molar-refractivity contribution in [3.63, 3.8) is 0 Å². The van der Waals surface area contributed by atoms with E-state index >= 15 is 0 Å². The first kappa shape index (κ1) is 12.0. The molecule has 0 saturated carbocycles. The largest absolute Gasteiger partial charge is 0.266 e. The van der Waals surface area contributed by atoms with Crippen LogP contribution in [0.1, 0.15) is 19.5 Å². The van der Waals surface area contributed by atoms with E-state index in [2.05, 4.69) is 54.6 Å². The molecular weight excluding hydrogens is 224 g/mol. The molecule has 3 heteroatoms. The van der Waals surface area contributed by atoms with Gasteiger partial charge in [-0.15, -0.1) is 0 Å². The molecule has 0 saturated heterocycles. The van der Waals surface area contributed by atoms with Crippen molar-refractivity contribution >= 4 is 14.1 Å². The summed E-state index contributed by atoms with van der Waals surface area (Å²) in [4.78, 5) is 9.01. The van der Waals surface area contributed by atoms with E-state index in [1.807, 2.05) is 24.5 Å². The molecule has 0 radical (unpaired) electrons. The van der Waals surface area contributed by atoms with Crippen molar-refractivity contribution in [2.45, 2.75) is 25.4 Å².